The number of hydrazine groups is 1. The molecule has 0 aliphatic carbocycles. The molecule has 8 nitrogen and oxygen atoms in total. The summed E-state index contributed by atoms with van der Waals surface area (Å²) in [6.45, 7) is 0. The van der Waals surface area contributed by atoms with E-state index in [1.54, 1.807) is 5.43 Å². The standard InChI is InChI=1S/C13H9F2N3O5S/c14-10-5-2-6-11(15)12(10)24(22,23)17-16-13(19)8-3-1-4-9(7-8)18(20)21/h1-7,17H,(H,16,19). The average Bonchev–Trinajstić information content (AvgIpc) is 2.52. The monoisotopic (exact) mass is 357 g/mol. The third-order valence-corrected chi connectivity index (χ3v) is 4.10. The van der Waals surface area contributed by atoms with Gasteiger partial charge in [0.1, 0.15) is 11.6 Å². The van der Waals surface area contributed by atoms with Crippen LogP contribution in [-0.4, -0.2) is 19.2 Å². The van der Waals surface area contributed by atoms with Crippen LogP contribution >= 0.6 is 0 Å². The maximum absolute atomic E-state index is 13.5. The molecule has 2 aromatic rings. The van der Waals surface area contributed by atoms with E-state index in [1.165, 1.54) is 17.0 Å². The van der Waals surface area contributed by atoms with Crippen molar-refractivity contribution in [1.82, 2.24) is 10.3 Å². The smallest absolute Gasteiger partial charge is 0.270 e. The Balaban J connectivity index is 2.19. The zero-order valence-electron chi connectivity index (χ0n) is 11.7. The summed E-state index contributed by atoms with van der Waals surface area (Å²) in [5.74, 6) is -3.72. The fourth-order valence-electron chi connectivity index (χ4n) is 1.74. The minimum absolute atomic E-state index is 0.221. The maximum Gasteiger partial charge on any atom is 0.270 e. The Morgan fingerprint density at radius 2 is 1.67 bits per heavy atom. The Hall–Kier alpha value is -2.92. The summed E-state index contributed by atoms with van der Waals surface area (Å²) < 4.78 is 50.7. The van der Waals surface area contributed by atoms with Gasteiger partial charge in [-0.15, -0.1) is 4.83 Å². The number of hydrogen-bond donors (Lipinski definition) is 2. The Morgan fingerprint density at radius 1 is 1.08 bits per heavy atom. The lowest BCUT2D eigenvalue weighted by Gasteiger charge is -2.09. The topological polar surface area (TPSA) is 118 Å². The third kappa shape index (κ3) is 3.70. The van der Waals surface area contributed by atoms with Gasteiger partial charge >= 0.3 is 0 Å². The molecule has 2 rings (SSSR count). The number of carbonyl (C=O) groups is 1. The first-order valence-electron chi connectivity index (χ1n) is 6.23. The molecule has 0 saturated heterocycles. The lowest BCUT2D eigenvalue weighted by atomic mass is 10.2. The van der Waals surface area contributed by atoms with Crippen LogP contribution in [0.5, 0.6) is 0 Å². The minimum Gasteiger partial charge on any atom is -0.273 e. The molecule has 2 aromatic carbocycles. The van der Waals surface area contributed by atoms with Crippen LogP contribution in [0.2, 0.25) is 0 Å². The Labute approximate surface area is 134 Å². The molecule has 0 unspecified atom stereocenters. The van der Waals surface area contributed by atoms with Crippen molar-refractivity contribution in [3.8, 4) is 0 Å². The molecule has 0 fully saturated rings. The molecule has 0 radical (unpaired) electrons. The lowest BCUT2D eigenvalue weighted by Crippen LogP contribution is -2.42. The van der Waals surface area contributed by atoms with E-state index < -0.39 is 37.4 Å². The number of rotatable bonds is 5. The number of nitro benzene ring substituents is 1. The van der Waals surface area contributed by atoms with Gasteiger partial charge in [-0.2, -0.15) is 0 Å². The van der Waals surface area contributed by atoms with Crippen molar-refractivity contribution in [2.75, 3.05) is 0 Å². The number of nitrogens with one attached hydrogen (secondary N) is 2. The molecule has 2 N–H and O–H groups in total. The maximum atomic E-state index is 13.5. The molecule has 1 amide bonds. The van der Waals surface area contributed by atoms with Gasteiger partial charge in [0.05, 0.1) is 4.92 Å². The van der Waals surface area contributed by atoms with Crippen LogP contribution in [-0.2, 0) is 10.0 Å². The molecular formula is C13H9F2N3O5S. The van der Waals surface area contributed by atoms with Gasteiger partial charge in [0.25, 0.3) is 21.6 Å². The predicted octanol–water partition coefficient (Wildman–Crippen LogP) is 1.50. The van der Waals surface area contributed by atoms with Crippen LogP contribution in [0.15, 0.2) is 47.4 Å². The first-order valence-corrected chi connectivity index (χ1v) is 7.71. The minimum atomic E-state index is -4.72. The number of carbonyl (C=O) groups excluding carboxylic acids is 1. The molecule has 0 aliphatic rings. The Kier molecular flexibility index (Phi) is 4.85. The summed E-state index contributed by atoms with van der Waals surface area (Å²) in [5, 5.41) is 10.6. The van der Waals surface area contributed by atoms with Gasteiger partial charge in [-0.3, -0.25) is 20.3 Å². The molecule has 0 aromatic heterocycles. The average molecular weight is 357 g/mol. The Morgan fingerprint density at radius 3 is 2.25 bits per heavy atom. The van der Waals surface area contributed by atoms with Crippen molar-refractivity contribution >= 4 is 21.6 Å². The highest BCUT2D eigenvalue weighted by molar-refractivity contribution is 7.89. The number of amides is 1. The van der Waals surface area contributed by atoms with E-state index in [0.717, 1.165) is 30.3 Å². The zero-order valence-corrected chi connectivity index (χ0v) is 12.5. The van der Waals surface area contributed by atoms with Gasteiger partial charge < -0.3 is 0 Å². The molecule has 0 saturated carbocycles. The molecular weight excluding hydrogens is 348 g/mol. The van der Waals surface area contributed by atoms with Gasteiger partial charge in [-0.25, -0.2) is 17.2 Å². The molecule has 126 valence electrons. The van der Waals surface area contributed by atoms with E-state index in [0.29, 0.717) is 0 Å². The number of non-ortho nitro benzene ring substituents is 1. The van der Waals surface area contributed by atoms with E-state index in [-0.39, 0.29) is 11.3 Å². The fraction of sp³-hybridized carbons (Fsp3) is 0. The molecule has 0 atom stereocenters. The van der Waals surface area contributed by atoms with Crippen molar-refractivity contribution in [2.45, 2.75) is 4.90 Å². The quantitative estimate of drug-likeness (QED) is 0.621. The predicted molar refractivity (Wildman–Crippen MR) is 77.2 cm³/mol. The highest BCUT2D eigenvalue weighted by Gasteiger charge is 2.24. The second kappa shape index (κ2) is 6.68. The van der Waals surface area contributed by atoms with E-state index in [1.807, 2.05) is 0 Å². The van der Waals surface area contributed by atoms with Crippen molar-refractivity contribution in [3.05, 3.63) is 69.8 Å². The van der Waals surface area contributed by atoms with E-state index in [4.69, 9.17) is 0 Å². The molecule has 0 bridgehead atoms. The van der Waals surface area contributed by atoms with Gasteiger partial charge in [0.2, 0.25) is 0 Å². The van der Waals surface area contributed by atoms with Gasteiger partial charge in [0, 0.05) is 17.7 Å². The number of nitrogens with zero attached hydrogens (tertiary/aromatic N) is 1. The van der Waals surface area contributed by atoms with Gasteiger partial charge in [0.15, 0.2) is 4.90 Å². The summed E-state index contributed by atoms with van der Waals surface area (Å²) in [5.41, 5.74) is 1.12. The van der Waals surface area contributed by atoms with E-state index in [2.05, 4.69) is 0 Å². The molecule has 11 heteroatoms. The summed E-state index contributed by atoms with van der Waals surface area (Å²) in [6, 6.07) is 6.91. The first kappa shape index (κ1) is 17.4. The second-order valence-electron chi connectivity index (χ2n) is 4.42. The summed E-state index contributed by atoms with van der Waals surface area (Å²) >= 11 is 0. The van der Waals surface area contributed by atoms with Crippen LogP contribution in [0.4, 0.5) is 14.5 Å². The van der Waals surface area contributed by atoms with E-state index >= 15 is 0 Å². The number of halogens is 2. The lowest BCUT2D eigenvalue weighted by molar-refractivity contribution is -0.384. The summed E-state index contributed by atoms with van der Waals surface area (Å²) in [4.78, 5) is 22.0. The van der Waals surface area contributed by atoms with Crippen molar-refractivity contribution in [2.24, 2.45) is 0 Å². The molecule has 24 heavy (non-hydrogen) atoms. The molecule has 0 aliphatic heterocycles. The SMILES string of the molecule is O=C(NNS(=O)(=O)c1c(F)cccc1F)c1cccc([N+](=O)[O-])c1. The van der Waals surface area contributed by atoms with Crippen LogP contribution in [0.1, 0.15) is 10.4 Å². The zero-order chi connectivity index (χ0) is 17.9. The van der Waals surface area contributed by atoms with Crippen LogP contribution < -0.4 is 10.3 Å². The number of nitro groups is 1. The normalized spacial score (nSPS) is 11.1. The largest absolute Gasteiger partial charge is 0.273 e. The van der Waals surface area contributed by atoms with Gasteiger partial charge in [-0.05, 0) is 18.2 Å². The van der Waals surface area contributed by atoms with Crippen molar-refractivity contribution in [1.29, 1.82) is 0 Å². The summed E-state index contributed by atoms with van der Waals surface area (Å²) in [6.07, 6.45) is 0. The highest BCUT2D eigenvalue weighted by atomic mass is 32.2. The van der Waals surface area contributed by atoms with E-state index in [9.17, 15) is 32.1 Å². The van der Waals surface area contributed by atoms with Crippen molar-refractivity contribution in [3.63, 3.8) is 0 Å². The van der Waals surface area contributed by atoms with Crippen LogP contribution in [0, 0.1) is 21.7 Å². The number of hydrogen-bond acceptors (Lipinski definition) is 5. The Bertz CT molecular complexity index is 897. The number of sulfonamides is 1. The second-order valence-corrected chi connectivity index (χ2v) is 6.04. The third-order valence-electron chi connectivity index (χ3n) is 2.81. The fourth-order valence-corrected chi connectivity index (χ4v) is 2.72. The van der Waals surface area contributed by atoms with Crippen molar-refractivity contribution < 1.29 is 26.9 Å². The molecule has 0 heterocycles. The summed E-state index contributed by atoms with van der Waals surface area (Å²) in [7, 11) is -4.72. The highest BCUT2D eigenvalue weighted by Crippen LogP contribution is 2.17. The van der Waals surface area contributed by atoms with Crippen LogP contribution in [0.3, 0.4) is 0 Å². The van der Waals surface area contributed by atoms with Gasteiger partial charge in [-0.1, -0.05) is 12.1 Å². The molecule has 0 spiro atoms. The first-order chi connectivity index (χ1) is 11.2. The number of benzene rings is 2. The van der Waals surface area contributed by atoms with Crippen LogP contribution in [0.25, 0.3) is 0 Å².